The van der Waals surface area contributed by atoms with E-state index in [9.17, 15) is 9.50 Å². The van der Waals surface area contributed by atoms with E-state index >= 15 is 0 Å². The van der Waals surface area contributed by atoms with Crippen LogP contribution in [0.25, 0.3) is 0 Å². The third-order valence-electron chi connectivity index (χ3n) is 2.67. The maximum Gasteiger partial charge on any atom is 0.123 e. The summed E-state index contributed by atoms with van der Waals surface area (Å²) >= 11 is 11.8. The van der Waals surface area contributed by atoms with Crippen LogP contribution in [0.3, 0.4) is 0 Å². The first-order valence-electron chi connectivity index (χ1n) is 5.69. The summed E-state index contributed by atoms with van der Waals surface area (Å²) < 4.78 is 12.8. The maximum absolute atomic E-state index is 12.8. The third kappa shape index (κ3) is 3.83. The molecule has 0 spiro atoms. The van der Waals surface area contributed by atoms with Gasteiger partial charge in [0, 0.05) is 11.6 Å². The molecule has 0 heterocycles. The Morgan fingerprint density at radius 3 is 2.42 bits per heavy atom. The Hall–Kier alpha value is -1.29. The van der Waals surface area contributed by atoms with Gasteiger partial charge >= 0.3 is 0 Å². The lowest BCUT2D eigenvalue weighted by molar-refractivity contribution is 0.191. The fourth-order valence-corrected chi connectivity index (χ4v) is 2.12. The van der Waals surface area contributed by atoms with Crippen molar-refractivity contribution in [2.24, 2.45) is 0 Å². The first kappa shape index (κ1) is 14.1. The van der Waals surface area contributed by atoms with Crippen LogP contribution >= 0.6 is 23.2 Å². The molecule has 0 saturated heterocycles. The molecule has 0 aromatic heterocycles. The van der Waals surface area contributed by atoms with E-state index < -0.39 is 6.10 Å². The summed E-state index contributed by atoms with van der Waals surface area (Å²) in [7, 11) is 0. The van der Waals surface area contributed by atoms with Gasteiger partial charge in [0.2, 0.25) is 0 Å². The second-order valence-corrected chi connectivity index (χ2v) is 4.92. The fourth-order valence-electron chi connectivity index (χ4n) is 1.64. The Morgan fingerprint density at radius 1 is 1.11 bits per heavy atom. The number of rotatable bonds is 4. The van der Waals surface area contributed by atoms with Gasteiger partial charge in [0.1, 0.15) is 5.82 Å². The minimum atomic E-state index is -0.743. The summed E-state index contributed by atoms with van der Waals surface area (Å²) in [5.41, 5.74) is 1.33. The van der Waals surface area contributed by atoms with Crippen molar-refractivity contribution in [2.45, 2.75) is 6.10 Å². The average molecular weight is 300 g/mol. The highest BCUT2D eigenvalue weighted by Crippen LogP contribution is 2.26. The van der Waals surface area contributed by atoms with Crippen LogP contribution in [0.4, 0.5) is 10.1 Å². The molecule has 0 fully saturated rings. The molecule has 19 heavy (non-hydrogen) atoms. The minimum absolute atomic E-state index is 0.271. The molecule has 0 amide bonds. The number of hydrogen-bond acceptors (Lipinski definition) is 2. The molecule has 100 valence electrons. The highest BCUT2D eigenvalue weighted by Gasteiger charge is 2.08. The molecule has 0 aliphatic heterocycles. The third-order valence-corrected chi connectivity index (χ3v) is 3.22. The summed E-state index contributed by atoms with van der Waals surface area (Å²) in [6.45, 7) is 0.271. The van der Waals surface area contributed by atoms with Gasteiger partial charge in [-0.3, -0.25) is 0 Å². The lowest BCUT2D eigenvalue weighted by Gasteiger charge is -2.14. The van der Waals surface area contributed by atoms with Gasteiger partial charge in [0.05, 0.1) is 16.8 Å². The van der Waals surface area contributed by atoms with E-state index in [1.165, 1.54) is 12.1 Å². The summed E-state index contributed by atoms with van der Waals surface area (Å²) in [6, 6.07) is 10.8. The maximum atomic E-state index is 12.8. The monoisotopic (exact) mass is 299 g/mol. The van der Waals surface area contributed by atoms with Crippen molar-refractivity contribution in [2.75, 3.05) is 11.9 Å². The largest absolute Gasteiger partial charge is 0.387 e. The average Bonchev–Trinajstić information content (AvgIpc) is 2.38. The number of aliphatic hydroxyl groups is 1. The molecule has 0 radical (unpaired) electrons. The van der Waals surface area contributed by atoms with Crippen LogP contribution in [0.5, 0.6) is 0 Å². The van der Waals surface area contributed by atoms with Crippen LogP contribution in [0.15, 0.2) is 42.5 Å². The Balaban J connectivity index is 2.00. The van der Waals surface area contributed by atoms with Gasteiger partial charge < -0.3 is 10.4 Å². The first-order valence-corrected chi connectivity index (χ1v) is 6.44. The molecule has 5 heteroatoms. The van der Waals surface area contributed by atoms with Crippen molar-refractivity contribution in [1.82, 2.24) is 0 Å². The van der Waals surface area contributed by atoms with Crippen LogP contribution < -0.4 is 5.32 Å². The van der Waals surface area contributed by atoms with E-state index in [4.69, 9.17) is 23.2 Å². The topological polar surface area (TPSA) is 32.3 Å². The number of benzene rings is 2. The van der Waals surface area contributed by atoms with Crippen LogP contribution in [0.2, 0.25) is 10.0 Å². The van der Waals surface area contributed by atoms with E-state index in [-0.39, 0.29) is 12.4 Å². The Labute approximate surface area is 120 Å². The van der Waals surface area contributed by atoms with Gasteiger partial charge in [-0.05, 0) is 35.9 Å². The lowest BCUT2D eigenvalue weighted by atomic mass is 10.1. The van der Waals surface area contributed by atoms with Crippen molar-refractivity contribution in [3.05, 3.63) is 63.9 Å². The van der Waals surface area contributed by atoms with Crippen molar-refractivity contribution in [3.8, 4) is 0 Å². The quantitative estimate of drug-likeness (QED) is 0.883. The number of halogens is 3. The van der Waals surface area contributed by atoms with Gasteiger partial charge in [-0.15, -0.1) is 0 Å². The molecule has 2 rings (SSSR count). The first-order chi connectivity index (χ1) is 9.06. The predicted octanol–water partition coefficient (Wildman–Crippen LogP) is 4.28. The van der Waals surface area contributed by atoms with E-state index in [1.54, 1.807) is 30.3 Å². The molecule has 2 N–H and O–H groups in total. The van der Waals surface area contributed by atoms with Crippen LogP contribution in [0.1, 0.15) is 11.7 Å². The summed E-state index contributed by atoms with van der Waals surface area (Å²) in [5, 5.41) is 14.0. The number of nitrogens with one attached hydrogen (secondary N) is 1. The molecule has 1 atom stereocenters. The molecule has 2 nitrogen and oxygen atoms in total. The SMILES string of the molecule is OC(CNc1ccc(Cl)cc1Cl)c1ccc(F)cc1. The molecular formula is C14H12Cl2FNO. The fraction of sp³-hybridized carbons (Fsp3) is 0.143. The normalized spacial score (nSPS) is 12.2. The minimum Gasteiger partial charge on any atom is -0.387 e. The second-order valence-electron chi connectivity index (χ2n) is 4.07. The van der Waals surface area contributed by atoms with Gasteiger partial charge in [-0.2, -0.15) is 0 Å². The van der Waals surface area contributed by atoms with Gasteiger partial charge in [0.25, 0.3) is 0 Å². The van der Waals surface area contributed by atoms with Gasteiger partial charge in [-0.25, -0.2) is 4.39 Å². The van der Waals surface area contributed by atoms with E-state index in [0.717, 1.165) is 0 Å². The summed E-state index contributed by atoms with van der Waals surface area (Å²) in [5.74, 6) is -0.329. The second kappa shape index (κ2) is 6.24. The molecule has 0 aliphatic rings. The number of aliphatic hydroxyl groups excluding tert-OH is 1. The highest BCUT2D eigenvalue weighted by atomic mass is 35.5. The lowest BCUT2D eigenvalue weighted by Crippen LogP contribution is -2.12. The Kier molecular flexibility index (Phi) is 4.64. The van der Waals surface area contributed by atoms with Crippen molar-refractivity contribution in [3.63, 3.8) is 0 Å². The molecule has 2 aromatic rings. The zero-order chi connectivity index (χ0) is 13.8. The molecule has 1 unspecified atom stereocenters. The Bertz CT molecular complexity index is 560. The molecule has 0 aliphatic carbocycles. The zero-order valence-electron chi connectivity index (χ0n) is 9.91. The number of hydrogen-bond donors (Lipinski definition) is 2. The van der Waals surface area contributed by atoms with Crippen LogP contribution in [-0.4, -0.2) is 11.7 Å². The predicted molar refractivity (Wildman–Crippen MR) is 76.3 cm³/mol. The molecule has 0 saturated carbocycles. The molecule has 2 aromatic carbocycles. The van der Waals surface area contributed by atoms with Crippen LogP contribution in [-0.2, 0) is 0 Å². The standard InChI is InChI=1S/C14H12Cl2FNO/c15-10-3-6-13(12(16)7-10)18-8-14(19)9-1-4-11(17)5-2-9/h1-7,14,18-19H,8H2. The summed E-state index contributed by atoms with van der Waals surface area (Å²) in [6.07, 6.45) is -0.743. The number of anilines is 1. The van der Waals surface area contributed by atoms with Crippen LogP contribution in [0, 0.1) is 5.82 Å². The highest BCUT2D eigenvalue weighted by molar-refractivity contribution is 6.36. The molecule has 0 bridgehead atoms. The Morgan fingerprint density at radius 2 is 1.79 bits per heavy atom. The van der Waals surface area contributed by atoms with Crippen molar-refractivity contribution in [1.29, 1.82) is 0 Å². The zero-order valence-corrected chi connectivity index (χ0v) is 11.4. The van der Waals surface area contributed by atoms with Crippen molar-refractivity contribution < 1.29 is 9.50 Å². The van der Waals surface area contributed by atoms with E-state index in [0.29, 0.717) is 21.3 Å². The van der Waals surface area contributed by atoms with Gasteiger partial charge in [0.15, 0.2) is 0 Å². The summed E-state index contributed by atoms with van der Waals surface area (Å²) in [4.78, 5) is 0. The van der Waals surface area contributed by atoms with E-state index in [1.807, 2.05) is 0 Å². The molecular weight excluding hydrogens is 288 g/mol. The smallest absolute Gasteiger partial charge is 0.123 e. The van der Waals surface area contributed by atoms with Crippen molar-refractivity contribution >= 4 is 28.9 Å². The van der Waals surface area contributed by atoms with E-state index in [2.05, 4.69) is 5.32 Å². The van der Waals surface area contributed by atoms with Gasteiger partial charge in [-0.1, -0.05) is 35.3 Å².